The standard InChI is InChI=1S/C11H14.C4H10/c1-9-6-7-10-4-2-3-5-11(10)8-9;1-4(2)3/h6-8H,2-5H2,1H3;4H,1-3H3. The van der Waals surface area contributed by atoms with E-state index in [9.17, 15) is 0 Å². The summed E-state index contributed by atoms with van der Waals surface area (Å²) >= 11 is 0. The largest absolute Gasteiger partial charge is 0.0630 e. The third kappa shape index (κ3) is 4.51. The molecule has 15 heavy (non-hydrogen) atoms. The molecule has 1 aliphatic rings. The maximum absolute atomic E-state index is 2.34. The normalized spacial score (nSPS) is 14.2. The van der Waals surface area contributed by atoms with Gasteiger partial charge in [0.2, 0.25) is 0 Å². The molecule has 0 nitrogen and oxygen atoms in total. The fourth-order valence-corrected chi connectivity index (χ4v) is 1.86. The van der Waals surface area contributed by atoms with Crippen molar-refractivity contribution in [1.82, 2.24) is 0 Å². The molecule has 0 heteroatoms. The van der Waals surface area contributed by atoms with Gasteiger partial charge in [-0.2, -0.15) is 0 Å². The van der Waals surface area contributed by atoms with Crippen LogP contribution < -0.4 is 0 Å². The molecule has 0 heterocycles. The molecule has 0 spiro atoms. The van der Waals surface area contributed by atoms with E-state index in [2.05, 4.69) is 45.9 Å². The van der Waals surface area contributed by atoms with Crippen molar-refractivity contribution in [2.45, 2.75) is 53.4 Å². The van der Waals surface area contributed by atoms with Crippen LogP contribution in [0.3, 0.4) is 0 Å². The molecule has 0 aromatic heterocycles. The number of aryl methyl sites for hydroxylation is 3. The molecule has 0 fully saturated rings. The summed E-state index contributed by atoms with van der Waals surface area (Å²) in [5.41, 5.74) is 4.59. The highest BCUT2D eigenvalue weighted by atomic mass is 14.1. The van der Waals surface area contributed by atoms with Crippen molar-refractivity contribution in [3.05, 3.63) is 34.9 Å². The monoisotopic (exact) mass is 204 g/mol. The number of rotatable bonds is 0. The van der Waals surface area contributed by atoms with Crippen molar-refractivity contribution in [1.29, 1.82) is 0 Å². The lowest BCUT2D eigenvalue weighted by Gasteiger charge is -2.15. The highest BCUT2D eigenvalue weighted by Crippen LogP contribution is 2.21. The minimum absolute atomic E-state index is 0.833. The van der Waals surface area contributed by atoms with Crippen LogP contribution in [0.15, 0.2) is 18.2 Å². The van der Waals surface area contributed by atoms with E-state index in [1.165, 1.54) is 31.2 Å². The highest BCUT2D eigenvalue weighted by molar-refractivity contribution is 5.32. The van der Waals surface area contributed by atoms with Gasteiger partial charge in [-0.3, -0.25) is 0 Å². The highest BCUT2D eigenvalue weighted by Gasteiger charge is 2.07. The Balaban J connectivity index is 0.000000245. The van der Waals surface area contributed by atoms with E-state index >= 15 is 0 Å². The summed E-state index contributed by atoms with van der Waals surface area (Å²) in [4.78, 5) is 0. The maximum atomic E-state index is 2.34. The second-order valence-electron chi connectivity index (χ2n) is 5.21. The van der Waals surface area contributed by atoms with Crippen molar-refractivity contribution in [3.8, 4) is 0 Å². The van der Waals surface area contributed by atoms with Crippen LogP contribution >= 0.6 is 0 Å². The van der Waals surface area contributed by atoms with Gasteiger partial charge in [-0.1, -0.05) is 44.5 Å². The first-order valence-corrected chi connectivity index (χ1v) is 6.18. The summed E-state index contributed by atoms with van der Waals surface area (Å²) in [5, 5.41) is 0. The van der Waals surface area contributed by atoms with E-state index in [0.29, 0.717) is 0 Å². The van der Waals surface area contributed by atoms with Crippen LogP contribution in [0.4, 0.5) is 0 Å². The van der Waals surface area contributed by atoms with Crippen molar-refractivity contribution >= 4 is 0 Å². The summed E-state index contributed by atoms with van der Waals surface area (Å²) in [6, 6.07) is 6.86. The molecule has 2 rings (SSSR count). The number of hydrogen-bond acceptors (Lipinski definition) is 0. The Bertz CT molecular complexity index is 294. The molecule has 0 saturated carbocycles. The minimum atomic E-state index is 0.833. The third-order valence-corrected chi connectivity index (χ3v) is 2.50. The zero-order chi connectivity index (χ0) is 11.3. The first-order valence-electron chi connectivity index (χ1n) is 6.18. The Kier molecular flexibility index (Phi) is 4.87. The first-order chi connectivity index (χ1) is 7.09. The Morgan fingerprint density at radius 1 is 0.933 bits per heavy atom. The predicted molar refractivity (Wildman–Crippen MR) is 68.3 cm³/mol. The molecule has 0 bridgehead atoms. The van der Waals surface area contributed by atoms with Gasteiger partial charge < -0.3 is 0 Å². The number of fused-ring (bicyclic) bond motifs is 1. The van der Waals surface area contributed by atoms with E-state index < -0.39 is 0 Å². The molecular weight excluding hydrogens is 180 g/mol. The van der Waals surface area contributed by atoms with Gasteiger partial charge in [-0.05, 0) is 49.7 Å². The molecule has 1 aromatic rings. The molecule has 0 amide bonds. The summed E-state index contributed by atoms with van der Waals surface area (Å²) in [6.07, 6.45) is 5.37. The topological polar surface area (TPSA) is 0 Å². The number of benzene rings is 1. The molecule has 0 aliphatic heterocycles. The Hall–Kier alpha value is -0.780. The van der Waals surface area contributed by atoms with E-state index in [4.69, 9.17) is 0 Å². The molecule has 0 unspecified atom stereocenters. The van der Waals surface area contributed by atoms with Gasteiger partial charge in [0, 0.05) is 0 Å². The van der Waals surface area contributed by atoms with E-state index in [-0.39, 0.29) is 0 Å². The van der Waals surface area contributed by atoms with Crippen LogP contribution in [0.5, 0.6) is 0 Å². The lowest BCUT2D eigenvalue weighted by atomic mass is 9.91. The predicted octanol–water partition coefficient (Wildman–Crippen LogP) is 4.54. The van der Waals surface area contributed by atoms with Gasteiger partial charge in [0.15, 0.2) is 0 Å². The average Bonchev–Trinajstić information content (AvgIpc) is 2.16. The minimum Gasteiger partial charge on any atom is -0.0630 e. The molecular formula is C15H24. The Morgan fingerprint density at radius 3 is 2.07 bits per heavy atom. The summed E-state index contributed by atoms with van der Waals surface area (Å²) < 4.78 is 0. The van der Waals surface area contributed by atoms with Crippen LogP contribution in [0.2, 0.25) is 0 Å². The van der Waals surface area contributed by atoms with Gasteiger partial charge in [-0.15, -0.1) is 0 Å². The van der Waals surface area contributed by atoms with Gasteiger partial charge in [0.05, 0.1) is 0 Å². The zero-order valence-corrected chi connectivity index (χ0v) is 10.6. The van der Waals surface area contributed by atoms with Crippen LogP contribution in [-0.2, 0) is 12.8 Å². The molecule has 1 aromatic carbocycles. The lowest BCUT2D eigenvalue weighted by molar-refractivity contribution is 0.685. The van der Waals surface area contributed by atoms with E-state index in [1.54, 1.807) is 11.1 Å². The molecule has 0 radical (unpaired) electrons. The van der Waals surface area contributed by atoms with Crippen LogP contribution in [0.25, 0.3) is 0 Å². The zero-order valence-electron chi connectivity index (χ0n) is 10.6. The fourth-order valence-electron chi connectivity index (χ4n) is 1.86. The smallest absolute Gasteiger partial charge is 0.0276 e. The summed E-state index contributed by atoms with van der Waals surface area (Å²) in [6.45, 7) is 8.68. The lowest BCUT2D eigenvalue weighted by Crippen LogP contribution is -2.01. The van der Waals surface area contributed by atoms with E-state index in [1.807, 2.05) is 0 Å². The van der Waals surface area contributed by atoms with E-state index in [0.717, 1.165) is 5.92 Å². The van der Waals surface area contributed by atoms with Crippen LogP contribution in [0.1, 0.15) is 50.3 Å². The van der Waals surface area contributed by atoms with Crippen molar-refractivity contribution in [2.24, 2.45) is 5.92 Å². The Labute approximate surface area is 94.7 Å². The first kappa shape index (κ1) is 12.3. The van der Waals surface area contributed by atoms with Gasteiger partial charge >= 0.3 is 0 Å². The Morgan fingerprint density at radius 2 is 1.47 bits per heavy atom. The average molecular weight is 204 g/mol. The molecule has 1 aliphatic carbocycles. The van der Waals surface area contributed by atoms with Crippen molar-refractivity contribution < 1.29 is 0 Å². The molecule has 84 valence electrons. The summed E-state index contributed by atoms with van der Waals surface area (Å²) in [5.74, 6) is 0.833. The molecule has 0 atom stereocenters. The van der Waals surface area contributed by atoms with Crippen LogP contribution in [0, 0.1) is 12.8 Å². The second-order valence-corrected chi connectivity index (χ2v) is 5.21. The third-order valence-electron chi connectivity index (χ3n) is 2.50. The number of hydrogen-bond donors (Lipinski definition) is 0. The molecule has 0 saturated heterocycles. The fraction of sp³-hybridized carbons (Fsp3) is 0.600. The SMILES string of the molecule is CC(C)C.Cc1ccc2c(c1)CCCC2. The van der Waals surface area contributed by atoms with Gasteiger partial charge in [0.25, 0.3) is 0 Å². The quantitative estimate of drug-likeness (QED) is 0.582. The molecule has 0 N–H and O–H groups in total. The summed E-state index contributed by atoms with van der Waals surface area (Å²) in [7, 11) is 0. The van der Waals surface area contributed by atoms with Crippen molar-refractivity contribution in [2.75, 3.05) is 0 Å². The van der Waals surface area contributed by atoms with Crippen molar-refractivity contribution in [3.63, 3.8) is 0 Å². The maximum Gasteiger partial charge on any atom is -0.0276 e. The van der Waals surface area contributed by atoms with Gasteiger partial charge in [0.1, 0.15) is 0 Å². The van der Waals surface area contributed by atoms with Gasteiger partial charge in [-0.25, -0.2) is 0 Å². The second kappa shape index (κ2) is 5.95. The van der Waals surface area contributed by atoms with Crippen LogP contribution in [-0.4, -0.2) is 0 Å².